The molecule has 7 heteroatoms. The molecule has 154 valence electrons. The van der Waals surface area contributed by atoms with E-state index in [1.165, 1.54) is 4.90 Å². The summed E-state index contributed by atoms with van der Waals surface area (Å²) in [6.07, 6.45) is 0.211. The summed E-state index contributed by atoms with van der Waals surface area (Å²) in [7, 11) is 0. The molecule has 2 aromatic carbocycles. The maximum atomic E-state index is 12.7. The molecule has 0 aliphatic carbocycles. The summed E-state index contributed by atoms with van der Waals surface area (Å²) in [4.78, 5) is 26.0. The van der Waals surface area contributed by atoms with Gasteiger partial charge in [-0.15, -0.1) is 0 Å². The predicted octanol–water partition coefficient (Wildman–Crippen LogP) is 3.95. The molecule has 2 atom stereocenters. The van der Waals surface area contributed by atoms with E-state index in [0.717, 1.165) is 5.75 Å². The second-order valence-corrected chi connectivity index (χ2v) is 7.31. The first-order valence-electron chi connectivity index (χ1n) is 9.75. The number of ether oxygens (including phenoxy) is 1. The van der Waals surface area contributed by atoms with Gasteiger partial charge in [-0.1, -0.05) is 31.5 Å². The van der Waals surface area contributed by atoms with Crippen LogP contribution in [0.5, 0.6) is 11.5 Å². The Bertz CT molecular complexity index is 840. The smallest absolute Gasteiger partial charge is 0.321 e. The fraction of sp³-hybridized carbons (Fsp3) is 0.364. The number of para-hydroxylation sites is 1. The Morgan fingerprint density at radius 3 is 2.41 bits per heavy atom. The lowest BCUT2D eigenvalue weighted by molar-refractivity contribution is -0.162. The van der Waals surface area contributed by atoms with Gasteiger partial charge in [0.05, 0.1) is 6.10 Å². The van der Waals surface area contributed by atoms with Crippen molar-refractivity contribution in [3.63, 3.8) is 0 Å². The summed E-state index contributed by atoms with van der Waals surface area (Å²) >= 11 is 0. The number of urea groups is 1. The Balaban J connectivity index is 1.64. The molecule has 1 saturated heterocycles. The van der Waals surface area contributed by atoms with Crippen LogP contribution in [-0.2, 0) is 4.79 Å². The molecule has 2 amide bonds. The van der Waals surface area contributed by atoms with Gasteiger partial charge >= 0.3 is 12.0 Å². The van der Waals surface area contributed by atoms with Crippen molar-refractivity contribution in [3.8, 4) is 11.5 Å². The van der Waals surface area contributed by atoms with Crippen LogP contribution in [0.2, 0.25) is 0 Å². The molecule has 7 nitrogen and oxygen atoms in total. The number of nitrogens with one attached hydrogen (secondary N) is 1. The number of hydrogen-bond donors (Lipinski definition) is 3. The van der Waals surface area contributed by atoms with Gasteiger partial charge in [0.2, 0.25) is 0 Å². The zero-order valence-electron chi connectivity index (χ0n) is 16.4. The number of rotatable bonds is 6. The number of aliphatic hydroxyl groups is 1. The number of carbonyl (C=O) groups is 2. The number of aliphatic carboxylic acids is 1. The SMILES string of the molecule is CCC[C@@]1(C(=O)O)CN(C(=O)Nc2ccc(Oc3ccccc3)cc2)CC[C@H]1O. The molecule has 1 fully saturated rings. The number of piperidine rings is 1. The molecule has 3 rings (SSSR count). The summed E-state index contributed by atoms with van der Waals surface area (Å²) in [5.74, 6) is 0.298. The summed E-state index contributed by atoms with van der Waals surface area (Å²) < 4.78 is 5.73. The summed E-state index contributed by atoms with van der Waals surface area (Å²) in [6, 6.07) is 16.0. The molecule has 0 unspecified atom stereocenters. The highest BCUT2D eigenvalue weighted by molar-refractivity contribution is 5.90. The first kappa shape index (κ1) is 20.7. The number of carbonyl (C=O) groups excluding carboxylic acids is 1. The van der Waals surface area contributed by atoms with Crippen molar-refractivity contribution in [3.05, 3.63) is 54.6 Å². The number of carboxylic acid groups (broad SMARTS) is 1. The topological polar surface area (TPSA) is 99.1 Å². The lowest BCUT2D eigenvalue weighted by atomic mass is 9.74. The van der Waals surface area contributed by atoms with Gasteiger partial charge in [0, 0.05) is 18.8 Å². The van der Waals surface area contributed by atoms with Crippen molar-refractivity contribution in [2.24, 2.45) is 5.41 Å². The van der Waals surface area contributed by atoms with E-state index in [1.54, 1.807) is 24.3 Å². The molecule has 0 spiro atoms. The lowest BCUT2D eigenvalue weighted by Gasteiger charge is -2.43. The Kier molecular flexibility index (Phi) is 6.39. The number of likely N-dealkylation sites (tertiary alicyclic amines) is 1. The Hall–Kier alpha value is -3.06. The molecule has 0 radical (unpaired) electrons. The monoisotopic (exact) mass is 398 g/mol. The zero-order valence-corrected chi connectivity index (χ0v) is 16.4. The highest BCUT2D eigenvalue weighted by Crippen LogP contribution is 2.35. The van der Waals surface area contributed by atoms with E-state index in [1.807, 2.05) is 37.3 Å². The van der Waals surface area contributed by atoms with Gasteiger partial charge in [-0.3, -0.25) is 4.79 Å². The number of anilines is 1. The molecule has 2 aromatic rings. The maximum absolute atomic E-state index is 12.7. The average Bonchev–Trinajstić information content (AvgIpc) is 2.72. The minimum Gasteiger partial charge on any atom is -0.481 e. The number of aliphatic hydroxyl groups excluding tert-OH is 1. The van der Waals surface area contributed by atoms with E-state index in [4.69, 9.17) is 4.74 Å². The third kappa shape index (κ3) is 4.68. The van der Waals surface area contributed by atoms with Crippen LogP contribution in [0.4, 0.5) is 10.5 Å². The largest absolute Gasteiger partial charge is 0.481 e. The summed E-state index contributed by atoms with van der Waals surface area (Å²) in [5, 5.41) is 22.8. The van der Waals surface area contributed by atoms with Crippen molar-refractivity contribution in [2.75, 3.05) is 18.4 Å². The van der Waals surface area contributed by atoms with Crippen LogP contribution in [0.1, 0.15) is 26.2 Å². The fourth-order valence-electron chi connectivity index (χ4n) is 3.70. The summed E-state index contributed by atoms with van der Waals surface area (Å²) in [5.41, 5.74) is -0.740. The van der Waals surface area contributed by atoms with Crippen LogP contribution in [-0.4, -0.2) is 46.3 Å². The van der Waals surface area contributed by atoms with Crippen molar-refractivity contribution in [1.82, 2.24) is 4.90 Å². The molecular weight excluding hydrogens is 372 g/mol. The van der Waals surface area contributed by atoms with E-state index >= 15 is 0 Å². The molecule has 3 N–H and O–H groups in total. The predicted molar refractivity (Wildman–Crippen MR) is 109 cm³/mol. The molecule has 29 heavy (non-hydrogen) atoms. The van der Waals surface area contributed by atoms with Crippen LogP contribution in [0.15, 0.2) is 54.6 Å². The quantitative estimate of drug-likeness (QED) is 0.684. The van der Waals surface area contributed by atoms with Gasteiger partial charge in [-0.05, 0) is 49.2 Å². The number of hydrogen-bond acceptors (Lipinski definition) is 4. The third-order valence-electron chi connectivity index (χ3n) is 5.28. The van der Waals surface area contributed by atoms with Gasteiger partial charge in [-0.2, -0.15) is 0 Å². The van der Waals surface area contributed by atoms with Crippen molar-refractivity contribution < 1.29 is 24.5 Å². The van der Waals surface area contributed by atoms with Crippen LogP contribution in [0.3, 0.4) is 0 Å². The van der Waals surface area contributed by atoms with E-state index in [-0.39, 0.29) is 19.0 Å². The van der Waals surface area contributed by atoms with Gasteiger partial charge in [0.15, 0.2) is 0 Å². The minimum atomic E-state index is -1.32. The van der Waals surface area contributed by atoms with Gasteiger partial charge in [0.25, 0.3) is 0 Å². The highest BCUT2D eigenvalue weighted by Gasteiger charge is 2.49. The van der Waals surface area contributed by atoms with Gasteiger partial charge < -0.3 is 25.2 Å². The van der Waals surface area contributed by atoms with Crippen molar-refractivity contribution in [2.45, 2.75) is 32.3 Å². The Morgan fingerprint density at radius 2 is 1.79 bits per heavy atom. The lowest BCUT2D eigenvalue weighted by Crippen LogP contribution is -2.57. The van der Waals surface area contributed by atoms with Gasteiger partial charge in [-0.25, -0.2) is 4.79 Å². The molecule has 1 aliphatic heterocycles. The molecule has 1 heterocycles. The normalized spacial score (nSPS) is 21.4. The molecule has 0 saturated carbocycles. The van der Waals surface area contributed by atoms with Crippen molar-refractivity contribution >= 4 is 17.7 Å². The van der Waals surface area contributed by atoms with E-state index < -0.39 is 17.5 Å². The van der Waals surface area contributed by atoms with Gasteiger partial charge in [0.1, 0.15) is 16.9 Å². The second-order valence-electron chi connectivity index (χ2n) is 7.31. The number of nitrogens with zero attached hydrogens (tertiary/aromatic N) is 1. The maximum Gasteiger partial charge on any atom is 0.321 e. The third-order valence-corrected chi connectivity index (χ3v) is 5.28. The second kappa shape index (κ2) is 8.96. The van der Waals surface area contributed by atoms with E-state index in [2.05, 4.69) is 5.32 Å². The van der Waals surface area contributed by atoms with E-state index in [9.17, 15) is 19.8 Å². The highest BCUT2D eigenvalue weighted by atomic mass is 16.5. The number of amides is 2. The number of benzene rings is 2. The molecular formula is C22H26N2O5. The summed E-state index contributed by atoms with van der Waals surface area (Å²) in [6.45, 7) is 2.16. The van der Waals surface area contributed by atoms with Crippen LogP contribution >= 0.6 is 0 Å². The zero-order chi connectivity index (χ0) is 20.9. The van der Waals surface area contributed by atoms with Crippen LogP contribution in [0, 0.1) is 5.41 Å². The Morgan fingerprint density at radius 1 is 1.14 bits per heavy atom. The standard InChI is InChI=1S/C22H26N2O5/c1-2-13-22(20(26)27)15-24(14-12-19(22)25)21(28)23-16-8-10-18(11-9-16)29-17-6-4-3-5-7-17/h3-11,19,25H,2,12-15H2,1H3,(H,23,28)(H,26,27)/t19-,22-/m1/s1. The average molecular weight is 398 g/mol. The van der Waals surface area contributed by atoms with Crippen molar-refractivity contribution in [1.29, 1.82) is 0 Å². The molecule has 0 aromatic heterocycles. The van der Waals surface area contributed by atoms with Crippen LogP contribution < -0.4 is 10.1 Å². The minimum absolute atomic E-state index is 0.0155. The van der Waals surface area contributed by atoms with Crippen LogP contribution in [0.25, 0.3) is 0 Å². The number of carboxylic acids is 1. The first-order chi connectivity index (χ1) is 13.9. The molecule has 1 aliphatic rings. The fourth-order valence-corrected chi connectivity index (χ4v) is 3.70. The first-order valence-corrected chi connectivity index (χ1v) is 9.75. The Labute approximate surface area is 169 Å². The van der Waals surface area contributed by atoms with E-state index in [0.29, 0.717) is 30.8 Å². The molecule has 0 bridgehead atoms.